The van der Waals surface area contributed by atoms with Gasteiger partial charge in [-0.2, -0.15) is 8.78 Å². The highest BCUT2D eigenvalue weighted by molar-refractivity contribution is 14.0. The number of hydrogen-bond donors (Lipinski definition) is 1. The maximum absolute atomic E-state index is 12.6. The largest absolute Gasteiger partial charge is 0.466 e. The summed E-state index contributed by atoms with van der Waals surface area (Å²) >= 11 is 0. The van der Waals surface area contributed by atoms with Crippen LogP contribution >= 0.6 is 24.0 Å². The van der Waals surface area contributed by atoms with Gasteiger partial charge < -0.3 is 19.7 Å². The molecule has 1 N–H and O–H groups in total. The van der Waals surface area contributed by atoms with Crippen molar-refractivity contribution in [1.82, 2.24) is 10.2 Å². The molecule has 6 nitrogen and oxygen atoms in total. The highest BCUT2D eigenvalue weighted by atomic mass is 127. The van der Waals surface area contributed by atoms with Crippen LogP contribution in [0.1, 0.15) is 32.3 Å². The number of carbonyl (C=O) groups is 1. The van der Waals surface area contributed by atoms with Crippen LogP contribution in [0.2, 0.25) is 0 Å². The fourth-order valence-electron chi connectivity index (χ4n) is 3.05. The maximum atomic E-state index is 12.6. The second-order valence-corrected chi connectivity index (χ2v) is 6.19. The zero-order chi connectivity index (χ0) is 19.6. The van der Waals surface area contributed by atoms with E-state index in [2.05, 4.69) is 15.0 Å². The summed E-state index contributed by atoms with van der Waals surface area (Å²) in [7, 11) is 0. The molecule has 1 aromatic rings. The van der Waals surface area contributed by atoms with Gasteiger partial charge in [-0.1, -0.05) is 18.2 Å². The first-order valence-electron chi connectivity index (χ1n) is 9.27. The molecule has 0 amide bonds. The fourth-order valence-corrected chi connectivity index (χ4v) is 3.05. The second-order valence-electron chi connectivity index (χ2n) is 6.19. The molecule has 1 heterocycles. The molecule has 1 saturated heterocycles. The molecular formula is C19H28F2IN3O3. The molecule has 0 radical (unpaired) electrons. The van der Waals surface area contributed by atoms with Gasteiger partial charge in [0, 0.05) is 25.2 Å². The molecule has 1 aliphatic rings. The lowest BCUT2D eigenvalue weighted by Crippen LogP contribution is -2.48. The number of esters is 1. The number of ether oxygens (including phenoxy) is 2. The molecule has 0 saturated carbocycles. The molecule has 0 aromatic heterocycles. The summed E-state index contributed by atoms with van der Waals surface area (Å²) in [5.74, 6) is 0.402. The summed E-state index contributed by atoms with van der Waals surface area (Å²) in [4.78, 5) is 18.6. The molecule has 1 fully saturated rings. The minimum Gasteiger partial charge on any atom is -0.466 e. The van der Waals surface area contributed by atoms with Crippen molar-refractivity contribution in [2.24, 2.45) is 10.9 Å². The van der Waals surface area contributed by atoms with Crippen molar-refractivity contribution < 1.29 is 23.0 Å². The molecule has 0 spiro atoms. The zero-order valence-electron chi connectivity index (χ0n) is 16.2. The van der Waals surface area contributed by atoms with Gasteiger partial charge in [0.25, 0.3) is 0 Å². The van der Waals surface area contributed by atoms with E-state index in [9.17, 15) is 13.6 Å². The number of carbonyl (C=O) groups excluding carboxylic acids is 1. The van der Waals surface area contributed by atoms with Crippen LogP contribution in [0.4, 0.5) is 8.78 Å². The first kappa shape index (κ1) is 24.4. The first-order valence-corrected chi connectivity index (χ1v) is 9.27. The van der Waals surface area contributed by atoms with Gasteiger partial charge in [0.2, 0.25) is 0 Å². The van der Waals surface area contributed by atoms with Gasteiger partial charge in [-0.3, -0.25) is 4.79 Å². The Bertz CT molecular complexity index is 647. The Morgan fingerprint density at radius 3 is 2.79 bits per heavy atom. The fraction of sp³-hybridized carbons (Fsp3) is 0.579. The second kappa shape index (κ2) is 12.7. The predicted octanol–water partition coefficient (Wildman–Crippen LogP) is 3.65. The van der Waals surface area contributed by atoms with Gasteiger partial charge in [0.05, 0.1) is 19.1 Å². The Morgan fingerprint density at radius 2 is 2.11 bits per heavy atom. The number of alkyl halides is 2. The Labute approximate surface area is 181 Å². The van der Waals surface area contributed by atoms with Crippen molar-refractivity contribution in [2.45, 2.75) is 39.8 Å². The quantitative estimate of drug-likeness (QED) is 0.262. The number of guanidine groups is 1. The Hall–Kier alpha value is -1.65. The third kappa shape index (κ3) is 7.40. The SMILES string of the molecule is CCNC(=NCc1ccccc1OC(F)F)N1CCCC(C(=O)OCC)C1.I. The Kier molecular flexibility index (Phi) is 11.1. The standard InChI is InChI=1S/C19H27F2N3O3.HI/c1-3-22-19(24-11-7-9-15(13-24)17(25)26-4-2)23-12-14-8-5-6-10-16(14)27-18(20)21;/h5-6,8,10,15,18H,3-4,7,9,11-13H2,1-2H3,(H,22,23);1H. The molecule has 1 unspecified atom stereocenters. The van der Waals surface area contributed by atoms with Crippen molar-refractivity contribution in [2.75, 3.05) is 26.2 Å². The van der Waals surface area contributed by atoms with Crippen LogP contribution in [-0.2, 0) is 16.1 Å². The van der Waals surface area contributed by atoms with E-state index < -0.39 is 6.61 Å². The van der Waals surface area contributed by atoms with Crippen molar-refractivity contribution >= 4 is 35.9 Å². The van der Waals surface area contributed by atoms with Crippen LogP contribution in [0.3, 0.4) is 0 Å². The van der Waals surface area contributed by atoms with E-state index in [1.807, 2.05) is 11.8 Å². The number of nitrogens with zero attached hydrogens (tertiary/aromatic N) is 2. The summed E-state index contributed by atoms with van der Waals surface area (Å²) in [5, 5.41) is 3.21. The summed E-state index contributed by atoms with van der Waals surface area (Å²) in [5.41, 5.74) is 0.576. The third-order valence-electron chi connectivity index (χ3n) is 4.26. The molecule has 158 valence electrons. The van der Waals surface area contributed by atoms with Gasteiger partial charge in [-0.05, 0) is 32.8 Å². The number of piperidine rings is 1. The number of para-hydroxylation sites is 1. The van der Waals surface area contributed by atoms with E-state index in [0.717, 1.165) is 19.4 Å². The van der Waals surface area contributed by atoms with Crippen molar-refractivity contribution in [3.63, 3.8) is 0 Å². The number of benzene rings is 1. The minimum absolute atomic E-state index is 0. The molecule has 0 aliphatic carbocycles. The molecule has 1 aromatic carbocycles. The number of aliphatic imine (C=N–C) groups is 1. The smallest absolute Gasteiger partial charge is 0.387 e. The molecule has 0 bridgehead atoms. The molecule has 2 rings (SSSR count). The van der Waals surface area contributed by atoms with Gasteiger partial charge >= 0.3 is 12.6 Å². The monoisotopic (exact) mass is 511 g/mol. The molecule has 1 aliphatic heterocycles. The third-order valence-corrected chi connectivity index (χ3v) is 4.26. The van der Waals surface area contributed by atoms with Crippen LogP contribution < -0.4 is 10.1 Å². The predicted molar refractivity (Wildman–Crippen MR) is 114 cm³/mol. The summed E-state index contributed by atoms with van der Waals surface area (Å²) in [6, 6.07) is 6.61. The maximum Gasteiger partial charge on any atom is 0.387 e. The van der Waals surface area contributed by atoms with Crippen molar-refractivity contribution in [3.05, 3.63) is 29.8 Å². The van der Waals surface area contributed by atoms with E-state index in [4.69, 9.17) is 4.74 Å². The van der Waals surface area contributed by atoms with Crippen LogP contribution in [0.25, 0.3) is 0 Å². The number of halogens is 3. The minimum atomic E-state index is -2.88. The van der Waals surface area contributed by atoms with E-state index in [1.165, 1.54) is 6.07 Å². The van der Waals surface area contributed by atoms with Gasteiger partial charge in [-0.15, -0.1) is 24.0 Å². The summed E-state index contributed by atoms with van der Waals surface area (Å²) in [6.07, 6.45) is 1.65. The zero-order valence-corrected chi connectivity index (χ0v) is 18.5. The topological polar surface area (TPSA) is 63.2 Å². The number of rotatable bonds is 7. The highest BCUT2D eigenvalue weighted by Crippen LogP contribution is 2.22. The summed E-state index contributed by atoms with van der Waals surface area (Å²) < 4.78 is 34.8. The van der Waals surface area contributed by atoms with E-state index in [-0.39, 0.29) is 48.2 Å². The molecule has 9 heteroatoms. The van der Waals surface area contributed by atoms with E-state index in [1.54, 1.807) is 25.1 Å². The average molecular weight is 511 g/mol. The lowest BCUT2D eigenvalue weighted by atomic mass is 9.98. The molecular weight excluding hydrogens is 483 g/mol. The Morgan fingerprint density at radius 1 is 1.36 bits per heavy atom. The van der Waals surface area contributed by atoms with Crippen LogP contribution in [-0.4, -0.2) is 49.7 Å². The van der Waals surface area contributed by atoms with Crippen LogP contribution in [0.5, 0.6) is 5.75 Å². The van der Waals surface area contributed by atoms with E-state index >= 15 is 0 Å². The van der Waals surface area contributed by atoms with Crippen LogP contribution in [0, 0.1) is 5.92 Å². The summed E-state index contributed by atoms with van der Waals surface area (Å²) in [6.45, 7) is 3.40. The first-order chi connectivity index (χ1) is 13.0. The van der Waals surface area contributed by atoms with Crippen molar-refractivity contribution in [1.29, 1.82) is 0 Å². The van der Waals surface area contributed by atoms with Gasteiger partial charge in [-0.25, -0.2) is 4.99 Å². The van der Waals surface area contributed by atoms with Crippen molar-refractivity contribution in [3.8, 4) is 5.75 Å². The Balaban J connectivity index is 0.00000392. The number of likely N-dealkylation sites (tertiary alicyclic amines) is 1. The van der Waals surface area contributed by atoms with Gasteiger partial charge in [0.1, 0.15) is 5.75 Å². The molecule has 28 heavy (non-hydrogen) atoms. The van der Waals surface area contributed by atoms with Gasteiger partial charge in [0.15, 0.2) is 5.96 Å². The highest BCUT2D eigenvalue weighted by Gasteiger charge is 2.28. The van der Waals surface area contributed by atoms with Crippen LogP contribution in [0.15, 0.2) is 29.3 Å². The molecule has 1 atom stereocenters. The lowest BCUT2D eigenvalue weighted by Gasteiger charge is -2.34. The normalized spacial score (nSPS) is 17.1. The lowest BCUT2D eigenvalue weighted by molar-refractivity contribution is -0.149. The number of nitrogens with one attached hydrogen (secondary N) is 1. The average Bonchev–Trinajstić information content (AvgIpc) is 2.66. The number of hydrogen-bond acceptors (Lipinski definition) is 4. The van der Waals surface area contributed by atoms with E-state index in [0.29, 0.717) is 31.2 Å².